The molecule has 194 valence electrons. The number of methoxy groups -OCH3 is 1. The van der Waals surface area contributed by atoms with Gasteiger partial charge in [0.1, 0.15) is 18.2 Å². The fourth-order valence-corrected chi connectivity index (χ4v) is 3.27. The van der Waals surface area contributed by atoms with Gasteiger partial charge in [-0.3, -0.25) is 0 Å². The maximum Gasteiger partial charge on any atom is 0.410 e. The Morgan fingerprint density at radius 2 is 1.59 bits per heavy atom. The van der Waals surface area contributed by atoms with Gasteiger partial charge in [-0.1, -0.05) is 58.0 Å². The van der Waals surface area contributed by atoms with Crippen molar-refractivity contribution in [2.45, 2.75) is 86.0 Å². The number of carbonyl (C=O) groups excluding carboxylic acids is 3. The van der Waals surface area contributed by atoms with Crippen LogP contribution in [0.3, 0.4) is 0 Å². The summed E-state index contributed by atoms with van der Waals surface area (Å²) in [5, 5.41) is 2.61. The predicted molar refractivity (Wildman–Crippen MR) is 133 cm³/mol. The molecule has 1 aromatic rings. The van der Waals surface area contributed by atoms with Crippen LogP contribution in [0.2, 0.25) is 0 Å². The summed E-state index contributed by atoms with van der Waals surface area (Å²) < 4.78 is 15.5. The summed E-state index contributed by atoms with van der Waals surface area (Å²) in [6, 6.07) is 8.50. The zero-order chi connectivity index (χ0) is 26.1. The average Bonchev–Trinajstić information content (AvgIpc) is 2.84. The Balaban J connectivity index is 0.00000258. The van der Waals surface area contributed by atoms with Crippen LogP contribution in [0.5, 0.6) is 0 Å². The molecule has 0 aromatic heterocycles. The third kappa shape index (κ3) is 12.5. The van der Waals surface area contributed by atoms with Crippen molar-refractivity contribution in [3.8, 4) is 0 Å². The molecule has 1 atom stereocenters. The van der Waals surface area contributed by atoms with E-state index in [0.717, 1.165) is 5.56 Å². The van der Waals surface area contributed by atoms with E-state index in [2.05, 4.69) is 5.32 Å². The first-order chi connectivity index (χ1) is 16.2. The molecule has 0 unspecified atom stereocenters. The maximum absolute atomic E-state index is 12.2. The topological polar surface area (TPSA) is 94.2 Å². The van der Waals surface area contributed by atoms with Gasteiger partial charge >= 0.3 is 18.2 Å². The molecule has 8 nitrogen and oxygen atoms in total. The molecule has 1 N–H and O–H groups in total. The summed E-state index contributed by atoms with van der Waals surface area (Å²) >= 11 is 0. The van der Waals surface area contributed by atoms with Crippen molar-refractivity contribution in [2.75, 3.05) is 20.2 Å². The first-order valence-electron chi connectivity index (χ1n) is 12.2. The molecule has 2 amide bonds. The summed E-state index contributed by atoms with van der Waals surface area (Å²) in [6.45, 7) is 14.7. The maximum atomic E-state index is 12.2. The minimum atomic E-state index is -0.795. The fraction of sp³-hybridized carbons (Fsp3) is 0.654. The molecule has 0 aliphatic carbocycles. The second-order valence-corrected chi connectivity index (χ2v) is 8.43. The van der Waals surface area contributed by atoms with Crippen LogP contribution in [0.4, 0.5) is 9.59 Å². The molecule has 1 aliphatic heterocycles. The number of nitrogens with one attached hydrogen (secondary N) is 1. The van der Waals surface area contributed by atoms with Crippen molar-refractivity contribution >= 4 is 18.2 Å². The van der Waals surface area contributed by atoms with E-state index in [-0.39, 0.29) is 18.6 Å². The Bertz CT molecular complexity index is 710. The molecule has 1 aromatic carbocycles. The van der Waals surface area contributed by atoms with Crippen molar-refractivity contribution in [3.05, 3.63) is 35.9 Å². The van der Waals surface area contributed by atoms with Crippen LogP contribution < -0.4 is 5.32 Å². The van der Waals surface area contributed by atoms with Crippen LogP contribution >= 0.6 is 0 Å². The Labute approximate surface area is 205 Å². The lowest BCUT2D eigenvalue weighted by atomic mass is 9.90. The summed E-state index contributed by atoms with van der Waals surface area (Å²) in [4.78, 5) is 38.2. The van der Waals surface area contributed by atoms with Gasteiger partial charge in [0.2, 0.25) is 0 Å². The van der Waals surface area contributed by atoms with Crippen LogP contribution in [-0.4, -0.2) is 54.9 Å². The standard InChI is InChI=1S/C22H32N2O6.2C2H6/c1-22(2,3)30-21(27)24-12-10-16(11-13-24)14-18(19(25)28-4)23-20(26)29-15-17-8-6-5-7-9-17;2*1-2/h5-9,16,18H,10-15H2,1-4H3,(H,23,26);2*1-2H3/t18-;;/m0../s1. The SMILES string of the molecule is CC.CC.COC(=O)[C@H](CC1CCN(C(=O)OC(C)(C)C)CC1)NC(=O)OCc1ccccc1. The molecular formula is C26H44N2O6. The lowest BCUT2D eigenvalue weighted by Gasteiger charge is -2.34. The molecule has 2 rings (SSSR count). The largest absolute Gasteiger partial charge is 0.467 e. The summed E-state index contributed by atoms with van der Waals surface area (Å²) in [6.07, 6.45) is 0.865. The highest BCUT2D eigenvalue weighted by molar-refractivity contribution is 5.81. The number of esters is 1. The van der Waals surface area contributed by atoms with Gasteiger partial charge < -0.3 is 24.4 Å². The minimum absolute atomic E-state index is 0.120. The normalized spacial score (nSPS) is 14.3. The van der Waals surface area contributed by atoms with Gasteiger partial charge in [0.25, 0.3) is 0 Å². The van der Waals surface area contributed by atoms with E-state index in [9.17, 15) is 14.4 Å². The lowest BCUT2D eigenvalue weighted by molar-refractivity contribution is -0.143. The predicted octanol–water partition coefficient (Wildman–Crippen LogP) is 5.54. The lowest BCUT2D eigenvalue weighted by Crippen LogP contribution is -2.46. The summed E-state index contributed by atoms with van der Waals surface area (Å²) in [7, 11) is 1.29. The molecule has 1 saturated heterocycles. The van der Waals surface area contributed by atoms with E-state index in [4.69, 9.17) is 14.2 Å². The molecule has 1 heterocycles. The number of amides is 2. The van der Waals surface area contributed by atoms with Crippen molar-refractivity contribution in [1.82, 2.24) is 10.2 Å². The van der Waals surface area contributed by atoms with Crippen LogP contribution in [0.25, 0.3) is 0 Å². The van der Waals surface area contributed by atoms with Crippen molar-refractivity contribution in [2.24, 2.45) is 5.92 Å². The number of piperidine rings is 1. The molecule has 0 spiro atoms. The van der Waals surface area contributed by atoms with Crippen LogP contribution in [0, 0.1) is 5.92 Å². The first kappa shape index (κ1) is 31.2. The highest BCUT2D eigenvalue weighted by Gasteiger charge is 2.31. The highest BCUT2D eigenvalue weighted by Crippen LogP contribution is 2.24. The second-order valence-electron chi connectivity index (χ2n) is 8.43. The molecule has 1 aliphatic rings. The third-order valence-electron chi connectivity index (χ3n) is 4.83. The van der Waals surface area contributed by atoms with Crippen molar-refractivity contribution in [3.63, 3.8) is 0 Å². The molecule has 0 bridgehead atoms. The minimum Gasteiger partial charge on any atom is -0.467 e. The molecule has 34 heavy (non-hydrogen) atoms. The molecule has 0 saturated carbocycles. The quantitative estimate of drug-likeness (QED) is 0.424. The van der Waals surface area contributed by atoms with Gasteiger partial charge in [-0.25, -0.2) is 14.4 Å². The first-order valence-corrected chi connectivity index (χ1v) is 12.2. The second kappa shape index (κ2) is 16.8. The molecule has 1 fully saturated rings. The van der Waals surface area contributed by atoms with Gasteiger partial charge in [0.15, 0.2) is 0 Å². The third-order valence-corrected chi connectivity index (χ3v) is 4.83. The van der Waals surface area contributed by atoms with E-state index < -0.39 is 23.7 Å². The zero-order valence-corrected chi connectivity index (χ0v) is 22.2. The van der Waals surface area contributed by atoms with Gasteiger partial charge in [-0.2, -0.15) is 0 Å². The van der Waals surface area contributed by atoms with Gasteiger partial charge in [0, 0.05) is 13.1 Å². The van der Waals surface area contributed by atoms with E-state index in [1.165, 1.54) is 7.11 Å². The number of hydrogen-bond donors (Lipinski definition) is 1. The fourth-order valence-electron chi connectivity index (χ4n) is 3.27. The number of carbonyl (C=O) groups is 3. The van der Waals surface area contributed by atoms with E-state index in [0.29, 0.717) is 32.4 Å². The summed E-state index contributed by atoms with van der Waals surface area (Å²) in [5.74, 6) is -0.344. The van der Waals surface area contributed by atoms with Gasteiger partial charge in [-0.15, -0.1) is 0 Å². The molecular weight excluding hydrogens is 436 g/mol. The number of benzene rings is 1. The summed E-state index contributed by atoms with van der Waals surface area (Å²) in [5.41, 5.74) is 0.324. The van der Waals surface area contributed by atoms with E-state index >= 15 is 0 Å². The zero-order valence-electron chi connectivity index (χ0n) is 22.2. The van der Waals surface area contributed by atoms with Gasteiger partial charge in [0.05, 0.1) is 7.11 Å². The Kier molecular flexibility index (Phi) is 15.4. The van der Waals surface area contributed by atoms with Crippen molar-refractivity contribution in [1.29, 1.82) is 0 Å². The number of nitrogens with zero attached hydrogens (tertiary/aromatic N) is 1. The molecule has 8 heteroatoms. The van der Waals surface area contributed by atoms with Crippen LogP contribution in [0.1, 0.15) is 73.3 Å². The number of likely N-dealkylation sites (tertiary alicyclic amines) is 1. The number of hydrogen-bond acceptors (Lipinski definition) is 6. The number of ether oxygens (including phenoxy) is 3. The average molecular weight is 481 g/mol. The van der Waals surface area contributed by atoms with Crippen LogP contribution in [0.15, 0.2) is 30.3 Å². The van der Waals surface area contributed by atoms with Gasteiger partial charge in [-0.05, 0) is 51.5 Å². The highest BCUT2D eigenvalue weighted by atomic mass is 16.6. The Morgan fingerprint density at radius 3 is 2.09 bits per heavy atom. The van der Waals surface area contributed by atoms with E-state index in [1.54, 1.807) is 4.90 Å². The van der Waals surface area contributed by atoms with Crippen LogP contribution in [-0.2, 0) is 25.6 Å². The molecule has 0 radical (unpaired) electrons. The Morgan fingerprint density at radius 1 is 1.03 bits per heavy atom. The van der Waals surface area contributed by atoms with Crippen molar-refractivity contribution < 1.29 is 28.6 Å². The number of alkyl carbamates (subject to hydrolysis) is 1. The Hall–Kier alpha value is -2.77. The smallest absolute Gasteiger partial charge is 0.410 e. The van der Waals surface area contributed by atoms with E-state index in [1.807, 2.05) is 78.8 Å². The number of rotatable bonds is 6. The monoisotopic (exact) mass is 480 g/mol.